The minimum absolute atomic E-state index is 0.0149. The highest BCUT2D eigenvalue weighted by molar-refractivity contribution is 7.19. The van der Waals surface area contributed by atoms with Gasteiger partial charge in [-0.05, 0) is 49.4 Å². The molecule has 0 bridgehead atoms. The molecule has 6 nitrogen and oxygen atoms in total. The Kier molecular flexibility index (Phi) is 4.46. The monoisotopic (exact) mass is 483 g/mol. The van der Waals surface area contributed by atoms with Gasteiger partial charge in [-0.2, -0.15) is 5.10 Å². The SMILES string of the molecule is CC(=O)CN1CC2C(F)(F)C2(c2sc3[nH]c(-c4cc(C)c5ncnn5c4)c(C(C)C)c3c2C)C1. The Morgan fingerprint density at radius 2 is 2.12 bits per heavy atom. The van der Waals surface area contributed by atoms with Gasteiger partial charge in [0.1, 0.15) is 16.9 Å². The van der Waals surface area contributed by atoms with E-state index in [9.17, 15) is 4.79 Å². The van der Waals surface area contributed by atoms with Crippen molar-refractivity contribution >= 4 is 33.0 Å². The third-order valence-electron chi connectivity index (χ3n) is 7.66. The van der Waals surface area contributed by atoms with Crippen LogP contribution in [0.25, 0.3) is 27.1 Å². The van der Waals surface area contributed by atoms with Crippen LogP contribution in [0.15, 0.2) is 18.6 Å². The van der Waals surface area contributed by atoms with Gasteiger partial charge in [-0.15, -0.1) is 11.3 Å². The standard InChI is InChI=1S/C25H27F2N5OS/c1-12(2)18-19-15(5)21(24-10-31(7-14(4)33)9-17(24)25(24,26)27)34-23(19)30-20(18)16-6-13(3)22-28-11-29-32(22)8-16/h6,8,11-12,17,30H,7,9-10H2,1-5H3. The highest BCUT2D eigenvalue weighted by Gasteiger charge is 2.84. The molecule has 2 fully saturated rings. The molecule has 6 rings (SSSR count). The van der Waals surface area contributed by atoms with Crippen LogP contribution in [-0.2, 0) is 10.2 Å². The number of H-pyrrole nitrogens is 1. The maximum absolute atomic E-state index is 15.1. The zero-order valence-corrected chi connectivity index (χ0v) is 20.7. The largest absolute Gasteiger partial charge is 0.346 e. The first-order chi connectivity index (χ1) is 16.1. The first-order valence-electron chi connectivity index (χ1n) is 11.6. The number of pyridine rings is 1. The molecule has 0 radical (unpaired) electrons. The Balaban J connectivity index is 1.50. The van der Waals surface area contributed by atoms with Crippen LogP contribution in [0.1, 0.15) is 48.3 Å². The van der Waals surface area contributed by atoms with E-state index in [0.717, 1.165) is 48.7 Å². The summed E-state index contributed by atoms with van der Waals surface area (Å²) in [7, 11) is 0. The molecular weight excluding hydrogens is 456 g/mol. The van der Waals surface area contributed by atoms with E-state index in [-0.39, 0.29) is 31.3 Å². The number of hydrogen-bond acceptors (Lipinski definition) is 5. The second-order valence-corrected chi connectivity index (χ2v) is 11.3. The number of aromatic nitrogens is 4. The van der Waals surface area contributed by atoms with E-state index in [1.165, 1.54) is 18.3 Å². The topological polar surface area (TPSA) is 66.3 Å². The van der Waals surface area contributed by atoms with E-state index in [4.69, 9.17) is 0 Å². The van der Waals surface area contributed by atoms with E-state index in [1.54, 1.807) is 10.8 Å². The van der Waals surface area contributed by atoms with E-state index in [1.807, 2.05) is 24.9 Å². The lowest BCUT2D eigenvalue weighted by Crippen LogP contribution is -2.36. The first kappa shape index (κ1) is 21.9. The van der Waals surface area contributed by atoms with Crippen molar-refractivity contribution in [3.63, 3.8) is 0 Å². The molecule has 2 aliphatic rings. The fourth-order valence-electron chi connectivity index (χ4n) is 6.20. The van der Waals surface area contributed by atoms with Crippen LogP contribution in [0.5, 0.6) is 0 Å². The van der Waals surface area contributed by atoms with Gasteiger partial charge < -0.3 is 4.98 Å². The van der Waals surface area contributed by atoms with Crippen molar-refractivity contribution in [2.45, 2.75) is 51.9 Å². The van der Waals surface area contributed by atoms with E-state index >= 15 is 8.78 Å². The van der Waals surface area contributed by atoms with Crippen molar-refractivity contribution in [1.29, 1.82) is 0 Å². The summed E-state index contributed by atoms with van der Waals surface area (Å²) in [4.78, 5) is 23.1. The van der Waals surface area contributed by atoms with Gasteiger partial charge in [0.15, 0.2) is 5.65 Å². The van der Waals surface area contributed by atoms with E-state index in [2.05, 4.69) is 35.0 Å². The van der Waals surface area contributed by atoms with Crippen LogP contribution in [0.4, 0.5) is 8.78 Å². The Hall–Kier alpha value is -2.65. The predicted molar refractivity (Wildman–Crippen MR) is 129 cm³/mol. The quantitative estimate of drug-likeness (QED) is 0.430. The maximum atomic E-state index is 15.1. The number of carbonyl (C=O) groups is 1. The lowest BCUT2D eigenvalue weighted by Gasteiger charge is -2.22. The molecule has 4 aromatic heterocycles. The number of rotatable bonds is 5. The molecule has 1 N–H and O–H groups in total. The highest BCUT2D eigenvalue weighted by Crippen LogP contribution is 2.72. The molecule has 0 aromatic carbocycles. The summed E-state index contributed by atoms with van der Waals surface area (Å²) < 4.78 is 32.1. The zero-order valence-electron chi connectivity index (χ0n) is 19.9. The Bertz CT molecular complexity index is 1480. The minimum atomic E-state index is -2.73. The number of Topliss-reactive ketones (excluding diaryl/α,β-unsaturated/α-hetero) is 1. The lowest BCUT2D eigenvalue weighted by atomic mass is 9.92. The zero-order chi connectivity index (χ0) is 24.2. The third-order valence-corrected chi connectivity index (χ3v) is 9.04. The van der Waals surface area contributed by atoms with Crippen LogP contribution >= 0.6 is 11.3 Å². The first-order valence-corrected chi connectivity index (χ1v) is 12.4. The highest BCUT2D eigenvalue weighted by atomic mass is 32.1. The molecule has 1 aliphatic heterocycles. The average Bonchev–Trinajstić information content (AvgIpc) is 3.36. The van der Waals surface area contributed by atoms with Gasteiger partial charge in [-0.25, -0.2) is 18.3 Å². The van der Waals surface area contributed by atoms with Gasteiger partial charge in [0.05, 0.1) is 23.6 Å². The van der Waals surface area contributed by atoms with Crippen LogP contribution in [0, 0.1) is 19.8 Å². The van der Waals surface area contributed by atoms with Crippen molar-refractivity contribution in [1.82, 2.24) is 24.5 Å². The molecule has 178 valence electrons. The molecule has 34 heavy (non-hydrogen) atoms. The van der Waals surface area contributed by atoms with Crippen LogP contribution in [-0.4, -0.2) is 55.8 Å². The molecule has 1 aliphatic carbocycles. The van der Waals surface area contributed by atoms with E-state index in [0.29, 0.717) is 0 Å². The number of nitrogens with one attached hydrogen (secondary N) is 1. The van der Waals surface area contributed by atoms with Crippen molar-refractivity contribution in [2.24, 2.45) is 5.92 Å². The summed E-state index contributed by atoms with van der Waals surface area (Å²) in [5.41, 5.74) is 4.76. The van der Waals surface area contributed by atoms with Crippen LogP contribution < -0.4 is 0 Å². The summed E-state index contributed by atoms with van der Waals surface area (Å²) in [6.07, 6.45) is 3.51. The Morgan fingerprint density at radius 3 is 2.82 bits per heavy atom. The third kappa shape index (κ3) is 2.71. The van der Waals surface area contributed by atoms with Crippen LogP contribution in [0.2, 0.25) is 0 Å². The van der Waals surface area contributed by atoms with Gasteiger partial charge in [-0.3, -0.25) is 9.69 Å². The fourth-order valence-corrected chi connectivity index (χ4v) is 7.71. The van der Waals surface area contributed by atoms with Crippen molar-refractivity contribution in [3.8, 4) is 11.3 Å². The minimum Gasteiger partial charge on any atom is -0.346 e. The number of nitrogens with zero attached hydrogens (tertiary/aromatic N) is 4. The maximum Gasteiger partial charge on any atom is 0.265 e. The summed E-state index contributed by atoms with van der Waals surface area (Å²) in [6, 6.07) is 2.10. The number of fused-ring (bicyclic) bond motifs is 3. The normalized spacial score (nSPS) is 23.9. The van der Waals surface area contributed by atoms with Gasteiger partial charge in [0.25, 0.3) is 5.92 Å². The molecule has 2 unspecified atom stereocenters. The Labute approximate surface area is 200 Å². The predicted octanol–water partition coefficient (Wildman–Crippen LogP) is 5.09. The molecular formula is C25H27F2N5OS. The molecule has 5 heterocycles. The molecule has 2 atom stereocenters. The molecule has 9 heteroatoms. The van der Waals surface area contributed by atoms with Gasteiger partial charge >= 0.3 is 0 Å². The van der Waals surface area contributed by atoms with Crippen molar-refractivity contribution in [2.75, 3.05) is 19.6 Å². The summed E-state index contributed by atoms with van der Waals surface area (Å²) in [6.45, 7) is 10.5. The molecule has 1 saturated heterocycles. The number of aromatic amines is 1. The van der Waals surface area contributed by atoms with Gasteiger partial charge in [0.2, 0.25) is 0 Å². The molecule has 4 aromatic rings. The molecule has 1 saturated carbocycles. The number of alkyl halides is 2. The summed E-state index contributed by atoms with van der Waals surface area (Å²) in [5.74, 6) is -3.24. The van der Waals surface area contributed by atoms with Crippen molar-refractivity contribution < 1.29 is 13.6 Å². The van der Waals surface area contributed by atoms with Gasteiger partial charge in [0, 0.05) is 35.1 Å². The number of ketones is 1. The average molecular weight is 484 g/mol. The number of piperidine rings is 1. The van der Waals surface area contributed by atoms with Crippen molar-refractivity contribution in [3.05, 3.63) is 40.2 Å². The molecule has 0 amide bonds. The second kappa shape index (κ2) is 6.95. The number of likely N-dealkylation sites (tertiary alicyclic amines) is 1. The van der Waals surface area contributed by atoms with E-state index < -0.39 is 17.3 Å². The fraction of sp³-hybridized carbons (Fsp3) is 0.480. The molecule has 0 spiro atoms. The van der Waals surface area contributed by atoms with Gasteiger partial charge in [-0.1, -0.05) is 13.8 Å². The smallest absolute Gasteiger partial charge is 0.265 e. The number of carbonyl (C=O) groups excluding carboxylic acids is 1. The number of hydrogen-bond donors (Lipinski definition) is 1. The number of aryl methyl sites for hydroxylation is 2. The summed E-state index contributed by atoms with van der Waals surface area (Å²) >= 11 is 1.46. The van der Waals surface area contributed by atoms with Crippen LogP contribution in [0.3, 0.4) is 0 Å². The number of halogens is 2. The number of thiophene rings is 1. The Morgan fingerprint density at radius 1 is 1.35 bits per heavy atom. The summed E-state index contributed by atoms with van der Waals surface area (Å²) in [5, 5.41) is 5.36. The lowest BCUT2D eigenvalue weighted by molar-refractivity contribution is -0.118. The second-order valence-electron chi connectivity index (χ2n) is 10.3.